The number of amides is 1. The maximum Gasteiger partial charge on any atom is 0.256 e. The molecule has 5 nitrogen and oxygen atoms in total. The molecule has 1 N–H and O–H groups in total. The normalized spacial score (nSPS) is 10.8. The second-order valence-electron chi connectivity index (χ2n) is 4.68. The number of hydrogen-bond acceptors (Lipinski definition) is 4. The average Bonchev–Trinajstić information content (AvgIpc) is 2.95. The number of methoxy groups -OCH3 is 1. The lowest BCUT2D eigenvalue weighted by Gasteiger charge is -2.06. The van der Waals surface area contributed by atoms with Crippen LogP contribution in [0.3, 0.4) is 0 Å². The zero-order valence-corrected chi connectivity index (χ0v) is 13.0. The smallest absolute Gasteiger partial charge is 0.256 e. The summed E-state index contributed by atoms with van der Waals surface area (Å²) >= 11 is 1.53. The van der Waals surface area contributed by atoms with Gasteiger partial charge < -0.3 is 10.1 Å². The molecule has 0 fully saturated rings. The predicted octanol–water partition coefficient (Wildman–Crippen LogP) is 2.77. The molecule has 20 heavy (non-hydrogen) atoms. The molecule has 0 radical (unpaired) electrons. The number of nitrogens with zero attached hydrogens (tertiary/aromatic N) is 2. The summed E-state index contributed by atoms with van der Waals surface area (Å²) in [5, 5.41) is 11.2. The van der Waals surface area contributed by atoms with Gasteiger partial charge in [0.15, 0.2) is 0 Å². The Labute approximate surface area is 122 Å². The van der Waals surface area contributed by atoms with Gasteiger partial charge in [-0.3, -0.25) is 9.48 Å². The number of aryl methyl sites for hydroxylation is 2. The van der Waals surface area contributed by atoms with Crippen LogP contribution in [-0.2, 0) is 11.3 Å². The van der Waals surface area contributed by atoms with Gasteiger partial charge in [0.2, 0.25) is 0 Å². The van der Waals surface area contributed by atoms with E-state index in [0.29, 0.717) is 13.2 Å². The first-order valence-corrected chi connectivity index (χ1v) is 7.36. The number of nitrogens with one attached hydrogen (secondary N) is 1. The van der Waals surface area contributed by atoms with Crippen molar-refractivity contribution in [3.8, 4) is 0 Å². The van der Waals surface area contributed by atoms with E-state index in [9.17, 15) is 4.79 Å². The maximum atomic E-state index is 12.3. The van der Waals surface area contributed by atoms with Gasteiger partial charge in [-0.25, -0.2) is 0 Å². The summed E-state index contributed by atoms with van der Waals surface area (Å²) in [6.07, 6.45) is 0. The van der Waals surface area contributed by atoms with Crippen LogP contribution < -0.4 is 5.32 Å². The topological polar surface area (TPSA) is 56.1 Å². The summed E-state index contributed by atoms with van der Waals surface area (Å²) in [5.74, 6) is -0.0822. The van der Waals surface area contributed by atoms with Gasteiger partial charge in [-0.15, -0.1) is 0 Å². The average molecular weight is 293 g/mol. The molecule has 0 atom stereocenters. The van der Waals surface area contributed by atoms with Crippen molar-refractivity contribution in [2.75, 3.05) is 19.0 Å². The van der Waals surface area contributed by atoms with E-state index in [0.717, 1.165) is 28.2 Å². The first-order valence-electron chi connectivity index (χ1n) is 6.41. The van der Waals surface area contributed by atoms with Crippen LogP contribution in [0.25, 0.3) is 0 Å². The molecule has 0 aliphatic carbocycles. The molecule has 2 aromatic rings. The molecule has 6 heteroatoms. The number of hydrogen-bond donors (Lipinski definition) is 1. The second kappa shape index (κ2) is 6.19. The molecule has 0 aliphatic heterocycles. The van der Waals surface area contributed by atoms with Gasteiger partial charge in [0.05, 0.1) is 35.8 Å². The highest BCUT2D eigenvalue weighted by atomic mass is 32.1. The minimum atomic E-state index is -0.0822. The van der Waals surface area contributed by atoms with E-state index < -0.39 is 0 Å². The molecule has 1 amide bonds. The summed E-state index contributed by atoms with van der Waals surface area (Å²) in [5.41, 5.74) is 4.27. The van der Waals surface area contributed by atoms with Crippen LogP contribution in [0.2, 0.25) is 0 Å². The predicted molar refractivity (Wildman–Crippen MR) is 80.6 cm³/mol. The number of rotatable bonds is 5. The number of carbonyl (C=O) groups is 1. The van der Waals surface area contributed by atoms with Gasteiger partial charge >= 0.3 is 0 Å². The van der Waals surface area contributed by atoms with E-state index >= 15 is 0 Å². The Kier molecular flexibility index (Phi) is 4.57. The fourth-order valence-corrected chi connectivity index (χ4v) is 2.88. The molecule has 2 aromatic heterocycles. The van der Waals surface area contributed by atoms with Gasteiger partial charge in [-0.1, -0.05) is 0 Å². The van der Waals surface area contributed by atoms with Crippen molar-refractivity contribution in [3.05, 3.63) is 33.3 Å². The van der Waals surface area contributed by atoms with Crippen LogP contribution in [0.5, 0.6) is 0 Å². The Morgan fingerprint density at radius 3 is 2.75 bits per heavy atom. The summed E-state index contributed by atoms with van der Waals surface area (Å²) in [4.78, 5) is 12.3. The number of ether oxygens (including phenoxy) is 1. The Bertz CT molecular complexity index is 616. The maximum absolute atomic E-state index is 12.3. The minimum Gasteiger partial charge on any atom is -0.383 e. The van der Waals surface area contributed by atoms with Gasteiger partial charge in [-0.05, 0) is 31.7 Å². The van der Waals surface area contributed by atoms with E-state index in [1.54, 1.807) is 7.11 Å². The van der Waals surface area contributed by atoms with Crippen molar-refractivity contribution in [2.45, 2.75) is 27.3 Å². The fourth-order valence-electron chi connectivity index (χ4n) is 2.05. The summed E-state index contributed by atoms with van der Waals surface area (Å²) < 4.78 is 6.91. The summed E-state index contributed by atoms with van der Waals surface area (Å²) in [7, 11) is 1.66. The molecule has 0 bridgehead atoms. The molecule has 0 saturated heterocycles. The van der Waals surface area contributed by atoms with Crippen LogP contribution >= 0.6 is 11.3 Å². The highest BCUT2D eigenvalue weighted by molar-refractivity contribution is 7.08. The van der Waals surface area contributed by atoms with Gasteiger partial charge in [0, 0.05) is 12.5 Å². The molecular formula is C14H19N3O2S. The molecular weight excluding hydrogens is 274 g/mol. The SMILES string of the molecule is COCCn1nc(C)c(NC(=O)c2cscc2C)c1C. The standard InChI is InChI=1S/C14H19N3O2S/c1-9-7-20-8-12(9)14(18)15-13-10(2)16-17(11(13)3)5-6-19-4/h7-8H,5-6H2,1-4H3,(H,15,18). The van der Waals surface area contributed by atoms with E-state index in [1.807, 2.05) is 36.2 Å². The molecule has 108 valence electrons. The second-order valence-corrected chi connectivity index (χ2v) is 5.43. The third-order valence-corrected chi connectivity index (χ3v) is 4.09. The zero-order valence-electron chi connectivity index (χ0n) is 12.2. The fraction of sp³-hybridized carbons (Fsp3) is 0.429. The van der Waals surface area contributed by atoms with Crippen LogP contribution in [0.4, 0.5) is 5.69 Å². The third-order valence-electron chi connectivity index (χ3n) is 3.23. The Hall–Kier alpha value is -1.66. The van der Waals surface area contributed by atoms with E-state index in [-0.39, 0.29) is 5.91 Å². The van der Waals surface area contributed by atoms with Gasteiger partial charge in [0.25, 0.3) is 5.91 Å². The Balaban J connectivity index is 2.19. The Morgan fingerprint density at radius 1 is 1.40 bits per heavy atom. The number of aromatic nitrogens is 2. The molecule has 2 rings (SSSR count). The molecule has 0 unspecified atom stereocenters. The number of carbonyl (C=O) groups excluding carboxylic acids is 1. The number of thiophene rings is 1. The molecule has 0 aliphatic rings. The largest absolute Gasteiger partial charge is 0.383 e. The van der Waals surface area contributed by atoms with Crippen molar-refractivity contribution in [1.29, 1.82) is 0 Å². The van der Waals surface area contributed by atoms with Gasteiger partial charge in [-0.2, -0.15) is 16.4 Å². The molecule has 0 aromatic carbocycles. The van der Waals surface area contributed by atoms with Crippen molar-refractivity contribution in [3.63, 3.8) is 0 Å². The van der Waals surface area contributed by atoms with E-state index in [1.165, 1.54) is 11.3 Å². The first kappa shape index (κ1) is 14.7. The van der Waals surface area contributed by atoms with Crippen molar-refractivity contribution in [1.82, 2.24) is 9.78 Å². The first-order chi connectivity index (χ1) is 9.54. The van der Waals surface area contributed by atoms with Crippen molar-refractivity contribution < 1.29 is 9.53 Å². The highest BCUT2D eigenvalue weighted by Gasteiger charge is 2.16. The monoisotopic (exact) mass is 293 g/mol. The Morgan fingerprint density at radius 2 is 2.15 bits per heavy atom. The highest BCUT2D eigenvalue weighted by Crippen LogP contribution is 2.22. The van der Waals surface area contributed by atoms with Crippen molar-refractivity contribution >= 4 is 22.9 Å². The van der Waals surface area contributed by atoms with Crippen LogP contribution in [-0.4, -0.2) is 29.4 Å². The lowest BCUT2D eigenvalue weighted by molar-refractivity contribution is 0.102. The minimum absolute atomic E-state index is 0.0822. The van der Waals surface area contributed by atoms with E-state index in [4.69, 9.17) is 4.74 Å². The lowest BCUT2D eigenvalue weighted by Crippen LogP contribution is -2.14. The van der Waals surface area contributed by atoms with Crippen LogP contribution in [0.15, 0.2) is 10.8 Å². The zero-order chi connectivity index (χ0) is 14.7. The van der Waals surface area contributed by atoms with Crippen LogP contribution in [0, 0.1) is 20.8 Å². The van der Waals surface area contributed by atoms with Crippen molar-refractivity contribution in [2.24, 2.45) is 0 Å². The quantitative estimate of drug-likeness (QED) is 0.922. The third kappa shape index (κ3) is 2.91. The van der Waals surface area contributed by atoms with E-state index in [2.05, 4.69) is 10.4 Å². The summed E-state index contributed by atoms with van der Waals surface area (Å²) in [6.45, 7) is 7.06. The number of anilines is 1. The molecule has 0 saturated carbocycles. The molecule has 2 heterocycles. The lowest BCUT2D eigenvalue weighted by atomic mass is 10.2. The van der Waals surface area contributed by atoms with Gasteiger partial charge in [0.1, 0.15) is 0 Å². The summed E-state index contributed by atoms with van der Waals surface area (Å²) in [6, 6.07) is 0. The van der Waals surface area contributed by atoms with Crippen LogP contribution in [0.1, 0.15) is 27.3 Å². The molecule has 0 spiro atoms.